The summed E-state index contributed by atoms with van der Waals surface area (Å²) in [6, 6.07) is 11.3. The number of nitrogens with one attached hydrogen (secondary N) is 1. The number of nitrogens with zero attached hydrogens (tertiary/aromatic N) is 2. The number of allylic oxidation sites excluding steroid dienone is 2. The van der Waals surface area contributed by atoms with Crippen LogP contribution in [0.3, 0.4) is 0 Å². The van der Waals surface area contributed by atoms with E-state index in [0.29, 0.717) is 11.6 Å². The summed E-state index contributed by atoms with van der Waals surface area (Å²) in [6.45, 7) is 0. The lowest BCUT2D eigenvalue weighted by atomic mass is 9.96. The first kappa shape index (κ1) is 13.5. The molecule has 0 fully saturated rings. The van der Waals surface area contributed by atoms with Crippen molar-refractivity contribution in [2.24, 2.45) is 11.0 Å². The van der Waals surface area contributed by atoms with Crippen LogP contribution in [0.25, 0.3) is 10.9 Å². The Morgan fingerprint density at radius 1 is 1.24 bits per heavy atom. The molecule has 0 saturated heterocycles. The second-order valence-electron chi connectivity index (χ2n) is 5.15. The summed E-state index contributed by atoms with van der Waals surface area (Å²) in [5.41, 5.74) is 3.75. The lowest BCUT2D eigenvalue weighted by Crippen LogP contribution is -2.20. The molecule has 1 heterocycles. The summed E-state index contributed by atoms with van der Waals surface area (Å²) < 4.78 is 0. The van der Waals surface area contributed by atoms with Gasteiger partial charge in [0.1, 0.15) is 5.69 Å². The van der Waals surface area contributed by atoms with Crippen molar-refractivity contribution in [1.82, 2.24) is 10.4 Å². The number of hydrogen-bond donors (Lipinski definition) is 1. The Balaban J connectivity index is 1.66. The molecule has 4 heteroatoms. The van der Waals surface area contributed by atoms with E-state index in [1.807, 2.05) is 36.5 Å². The number of pyridine rings is 1. The summed E-state index contributed by atoms with van der Waals surface area (Å²) in [7, 11) is 0. The quantitative estimate of drug-likeness (QED) is 0.532. The Labute approximate surface area is 123 Å². The average Bonchev–Trinajstić information content (AvgIpc) is 2.55. The molecule has 2 aromatic rings. The topological polar surface area (TPSA) is 54.4 Å². The van der Waals surface area contributed by atoms with Gasteiger partial charge in [-0.3, -0.25) is 4.79 Å². The molecule has 106 valence electrons. The Kier molecular flexibility index (Phi) is 4.05. The SMILES string of the molecule is O=C(N/N=C\[C@@H]1CC=CCC1)c1ccc2ccccc2n1. The Hall–Kier alpha value is -2.49. The van der Waals surface area contributed by atoms with E-state index in [2.05, 4.69) is 27.7 Å². The van der Waals surface area contributed by atoms with Crippen LogP contribution in [-0.4, -0.2) is 17.1 Å². The van der Waals surface area contributed by atoms with Crippen LogP contribution in [0, 0.1) is 5.92 Å². The lowest BCUT2D eigenvalue weighted by Gasteiger charge is -2.11. The zero-order valence-corrected chi connectivity index (χ0v) is 11.7. The van der Waals surface area contributed by atoms with Crippen LogP contribution in [-0.2, 0) is 0 Å². The number of hydrogen-bond acceptors (Lipinski definition) is 3. The summed E-state index contributed by atoms with van der Waals surface area (Å²) in [4.78, 5) is 16.4. The standard InChI is InChI=1S/C17H17N3O/c21-17(20-18-12-13-6-2-1-3-7-13)16-11-10-14-8-4-5-9-15(14)19-16/h1-2,4-5,8-13H,3,6-7H2,(H,20,21)/b18-12-/t13-/m1/s1. The highest BCUT2D eigenvalue weighted by atomic mass is 16.2. The molecule has 1 amide bonds. The molecular formula is C17H17N3O. The lowest BCUT2D eigenvalue weighted by molar-refractivity contribution is 0.0950. The van der Waals surface area contributed by atoms with Gasteiger partial charge in [0.25, 0.3) is 5.91 Å². The number of carbonyl (C=O) groups excluding carboxylic acids is 1. The highest BCUT2D eigenvalue weighted by Crippen LogP contribution is 2.15. The molecule has 4 nitrogen and oxygen atoms in total. The van der Waals surface area contributed by atoms with Crippen molar-refractivity contribution in [2.75, 3.05) is 0 Å². The van der Waals surface area contributed by atoms with E-state index in [9.17, 15) is 4.79 Å². The van der Waals surface area contributed by atoms with Crippen LogP contribution in [0.5, 0.6) is 0 Å². The van der Waals surface area contributed by atoms with Crippen LogP contribution in [0.4, 0.5) is 0 Å². The smallest absolute Gasteiger partial charge is 0.266 e. The highest BCUT2D eigenvalue weighted by molar-refractivity contribution is 5.95. The first-order valence-electron chi connectivity index (χ1n) is 7.17. The minimum absolute atomic E-state index is 0.275. The molecule has 0 spiro atoms. The third-order valence-corrected chi connectivity index (χ3v) is 3.59. The van der Waals surface area contributed by atoms with Gasteiger partial charge in [-0.15, -0.1) is 0 Å². The molecule has 1 atom stereocenters. The maximum atomic E-state index is 12.0. The molecule has 0 bridgehead atoms. The number of amides is 1. The summed E-state index contributed by atoms with van der Waals surface area (Å²) in [5.74, 6) is 0.142. The van der Waals surface area contributed by atoms with Gasteiger partial charge in [0, 0.05) is 11.6 Å². The van der Waals surface area contributed by atoms with Gasteiger partial charge in [0.2, 0.25) is 0 Å². The number of benzene rings is 1. The van der Waals surface area contributed by atoms with Gasteiger partial charge in [0.05, 0.1) is 5.52 Å². The van der Waals surface area contributed by atoms with Crippen LogP contribution in [0.15, 0.2) is 53.7 Å². The van der Waals surface area contributed by atoms with Crippen molar-refractivity contribution in [3.05, 3.63) is 54.2 Å². The minimum atomic E-state index is -0.275. The second-order valence-corrected chi connectivity index (χ2v) is 5.15. The molecule has 1 aromatic heterocycles. The Bertz CT molecular complexity index is 706. The molecule has 0 radical (unpaired) electrons. The van der Waals surface area contributed by atoms with E-state index >= 15 is 0 Å². The molecule has 21 heavy (non-hydrogen) atoms. The van der Waals surface area contributed by atoms with Crippen molar-refractivity contribution in [1.29, 1.82) is 0 Å². The summed E-state index contributed by atoms with van der Waals surface area (Å²) >= 11 is 0. The monoisotopic (exact) mass is 279 g/mol. The van der Waals surface area contributed by atoms with Crippen LogP contribution in [0.2, 0.25) is 0 Å². The largest absolute Gasteiger partial charge is 0.289 e. The van der Waals surface area contributed by atoms with E-state index in [-0.39, 0.29) is 5.91 Å². The van der Waals surface area contributed by atoms with Crippen LogP contribution < -0.4 is 5.43 Å². The van der Waals surface area contributed by atoms with Gasteiger partial charge in [-0.1, -0.05) is 36.4 Å². The normalized spacial score (nSPS) is 18.2. The molecule has 1 aliphatic rings. The van der Waals surface area contributed by atoms with Gasteiger partial charge in [0.15, 0.2) is 0 Å². The van der Waals surface area contributed by atoms with Crippen LogP contribution in [0.1, 0.15) is 29.8 Å². The zero-order chi connectivity index (χ0) is 14.5. The molecule has 0 unspecified atom stereocenters. The van der Waals surface area contributed by atoms with Gasteiger partial charge in [-0.05, 0) is 37.3 Å². The molecule has 1 aliphatic carbocycles. The zero-order valence-electron chi connectivity index (χ0n) is 11.7. The molecule has 0 aliphatic heterocycles. The number of carbonyl (C=O) groups is 1. The third kappa shape index (κ3) is 3.34. The van der Waals surface area contributed by atoms with E-state index in [1.165, 1.54) is 0 Å². The van der Waals surface area contributed by atoms with Gasteiger partial charge < -0.3 is 0 Å². The molecular weight excluding hydrogens is 262 g/mol. The fourth-order valence-electron chi connectivity index (χ4n) is 2.40. The number of para-hydroxylation sites is 1. The van der Waals surface area contributed by atoms with E-state index in [1.54, 1.807) is 6.07 Å². The number of hydrazone groups is 1. The number of rotatable bonds is 3. The number of fused-ring (bicyclic) bond motifs is 1. The van der Waals surface area contributed by atoms with Gasteiger partial charge in [-0.25, -0.2) is 10.4 Å². The van der Waals surface area contributed by atoms with Crippen molar-refractivity contribution in [2.45, 2.75) is 19.3 Å². The first-order chi connectivity index (χ1) is 10.3. The maximum absolute atomic E-state index is 12.0. The fraction of sp³-hybridized carbons (Fsp3) is 0.235. The van der Waals surface area contributed by atoms with Crippen molar-refractivity contribution >= 4 is 23.0 Å². The number of aromatic nitrogens is 1. The Morgan fingerprint density at radius 3 is 3.00 bits per heavy atom. The van der Waals surface area contributed by atoms with Gasteiger partial charge >= 0.3 is 0 Å². The van der Waals surface area contributed by atoms with Crippen molar-refractivity contribution in [3.63, 3.8) is 0 Å². The van der Waals surface area contributed by atoms with E-state index in [4.69, 9.17) is 0 Å². The Morgan fingerprint density at radius 2 is 2.14 bits per heavy atom. The first-order valence-corrected chi connectivity index (χ1v) is 7.17. The predicted octanol–water partition coefficient (Wildman–Crippen LogP) is 3.31. The summed E-state index contributed by atoms with van der Waals surface area (Å²) in [6.07, 6.45) is 9.33. The third-order valence-electron chi connectivity index (χ3n) is 3.59. The van der Waals surface area contributed by atoms with E-state index < -0.39 is 0 Å². The molecule has 3 rings (SSSR count). The fourth-order valence-corrected chi connectivity index (χ4v) is 2.40. The van der Waals surface area contributed by atoms with Gasteiger partial charge in [-0.2, -0.15) is 5.10 Å². The summed E-state index contributed by atoms with van der Waals surface area (Å²) in [5, 5.41) is 5.07. The van der Waals surface area contributed by atoms with Crippen LogP contribution >= 0.6 is 0 Å². The minimum Gasteiger partial charge on any atom is -0.266 e. The molecule has 1 aromatic carbocycles. The van der Waals surface area contributed by atoms with Crippen molar-refractivity contribution in [3.8, 4) is 0 Å². The maximum Gasteiger partial charge on any atom is 0.289 e. The van der Waals surface area contributed by atoms with Crippen molar-refractivity contribution < 1.29 is 4.79 Å². The molecule has 0 saturated carbocycles. The predicted molar refractivity (Wildman–Crippen MR) is 84.2 cm³/mol. The van der Waals surface area contributed by atoms with E-state index in [0.717, 1.165) is 30.2 Å². The second kappa shape index (κ2) is 6.31. The average molecular weight is 279 g/mol. The highest BCUT2D eigenvalue weighted by Gasteiger charge is 2.09. The molecule has 1 N–H and O–H groups in total.